The first-order chi connectivity index (χ1) is 10.3. The second-order valence-electron chi connectivity index (χ2n) is 4.71. The van der Waals surface area contributed by atoms with Crippen molar-refractivity contribution < 1.29 is 23.1 Å². The Bertz CT molecular complexity index is 691. The summed E-state index contributed by atoms with van der Waals surface area (Å²) in [5.74, 6) is -0.593. The lowest BCUT2D eigenvalue weighted by molar-refractivity contribution is -0.139. The van der Waals surface area contributed by atoms with Gasteiger partial charge in [0.15, 0.2) is 5.78 Å². The van der Waals surface area contributed by atoms with E-state index in [2.05, 4.69) is 6.58 Å². The van der Waals surface area contributed by atoms with Crippen LogP contribution in [0.1, 0.15) is 27.6 Å². The van der Waals surface area contributed by atoms with E-state index in [-0.39, 0.29) is 16.7 Å². The predicted molar refractivity (Wildman–Crippen MR) is 76.3 cm³/mol. The fourth-order valence-electron chi connectivity index (χ4n) is 2.08. The van der Waals surface area contributed by atoms with E-state index in [9.17, 15) is 23.1 Å². The van der Waals surface area contributed by atoms with Crippen LogP contribution in [-0.2, 0) is 6.18 Å². The largest absolute Gasteiger partial charge is 0.416 e. The lowest BCUT2D eigenvalue weighted by Gasteiger charge is -2.18. The first-order valence-electron chi connectivity index (χ1n) is 6.45. The second-order valence-corrected chi connectivity index (χ2v) is 4.71. The number of Topliss-reactive ketones (excluding diaryl/α,β-unsaturated/α-hetero) is 1. The summed E-state index contributed by atoms with van der Waals surface area (Å²) in [4.78, 5) is 12.2. The Labute approximate surface area is 125 Å². The molecule has 22 heavy (non-hydrogen) atoms. The summed E-state index contributed by atoms with van der Waals surface area (Å²) >= 11 is 0. The van der Waals surface area contributed by atoms with E-state index in [1.165, 1.54) is 24.3 Å². The molecule has 2 aromatic carbocycles. The molecule has 0 spiro atoms. The Kier molecular flexibility index (Phi) is 4.47. The average Bonchev–Trinajstić information content (AvgIpc) is 2.52. The maximum atomic E-state index is 13.0. The summed E-state index contributed by atoms with van der Waals surface area (Å²) in [7, 11) is 0. The first-order valence-corrected chi connectivity index (χ1v) is 6.45. The van der Waals surface area contributed by atoms with Crippen LogP contribution in [0, 0.1) is 0 Å². The van der Waals surface area contributed by atoms with Gasteiger partial charge in [0.1, 0.15) is 6.10 Å². The van der Waals surface area contributed by atoms with E-state index >= 15 is 0 Å². The molecule has 0 aliphatic heterocycles. The van der Waals surface area contributed by atoms with Crippen molar-refractivity contribution >= 4 is 5.78 Å². The molecule has 114 valence electrons. The van der Waals surface area contributed by atoms with Gasteiger partial charge in [0.25, 0.3) is 0 Å². The molecule has 0 heterocycles. The Morgan fingerprint density at radius 3 is 2.14 bits per heavy atom. The number of carbonyl (C=O) groups is 1. The summed E-state index contributed by atoms with van der Waals surface area (Å²) in [6.07, 6.45) is -6.33. The van der Waals surface area contributed by atoms with Crippen molar-refractivity contribution in [2.45, 2.75) is 12.3 Å². The summed E-state index contributed by atoms with van der Waals surface area (Å²) in [5, 5.41) is 10.1. The SMILES string of the molecule is C=C(C(=O)c1ccccc1)C(O)c1ccccc1C(F)(F)F. The molecular weight excluding hydrogens is 293 g/mol. The molecule has 0 bridgehead atoms. The third-order valence-corrected chi connectivity index (χ3v) is 3.22. The zero-order valence-corrected chi connectivity index (χ0v) is 11.5. The minimum atomic E-state index is -4.62. The Hall–Kier alpha value is -2.40. The van der Waals surface area contributed by atoms with Gasteiger partial charge in [-0.1, -0.05) is 55.1 Å². The number of ketones is 1. The molecule has 1 N–H and O–H groups in total. The molecule has 0 radical (unpaired) electrons. The second kappa shape index (κ2) is 6.15. The first kappa shape index (κ1) is 16.0. The molecular formula is C17H13F3O2. The maximum absolute atomic E-state index is 13.0. The number of hydrogen-bond acceptors (Lipinski definition) is 2. The minimum Gasteiger partial charge on any atom is -0.384 e. The van der Waals surface area contributed by atoms with Crippen molar-refractivity contribution in [3.8, 4) is 0 Å². The van der Waals surface area contributed by atoms with E-state index in [1.54, 1.807) is 18.2 Å². The molecule has 0 saturated heterocycles. The monoisotopic (exact) mass is 306 g/mol. The number of halogens is 3. The predicted octanol–water partition coefficient (Wildman–Crippen LogP) is 4.18. The molecule has 0 aromatic heterocycles. The van der Waals surface area contributed by atoms with Gasteiger partial charge in [0, 0.05) is 11.1 Å². The zero-order valence-electron chi connectivity index (χ0n) is 11.5. The van der Waals surface area contributed by atoms with Crippen molar-refractivity contribution in [3.63, 3.8) is 0 Å². The maximum Gasteiger partial charge on any atom is 0.416 e. The van der Waals surface area contributed by atoms with E-state index < -0.39 is 23.6 Å². The molecule has 0 amide bonds. The topological polar surface area (TPSA) is 37.3 Å². The summed E-state index contributed by atoms with van der Waals surface area (Å²) < 4.78 is 38.9. The molecule has 0 aliphatic carbocycles. The normalized spacial score (nSPS) is 12.7. The van der Waals surface area contributed by atoms with Crippen LogP contribution in [0.25, 0.3) is 0 Å². The van der Waals surface area contributed by atoms with Gasteiger partial charge in [-0.15, -0.1) is 0 Å². The number of aliphatic hydroxyl groups is 1. The van der Waals surface area contributed by atoms with E-state index in [4.69, 9.17) is 0 Å². The van der Waals surface area contributed by atoms with Crippen molar-refractivity contribution in [2.24, 2.45) is 0 Å². The molecule has 0 aliphatic rings. The van der Waals surface area contributed by atoms with Crippen molar-refractivity contribution in [2.75, 3.05) is 0 Å². The lowest BCUT2D eigenvalue weighted by atomic mass is 9.92. The molecule has 0 fully saturated rings. The molecule has 1 atom stereocenters. The highest BCUT2D eigenvalue weighted by atomic mass is 19.4. The third-order valence-electron chi connectivity index (χ3n) is 3.22. The molecule has 2 nitrogen and oxygen atoms in total. The van der Waals surface area contributed by atoms with Crippen LogP contribution in [0.15, 0.2) is 66.7 Å². The highest BCUT2D eigenvalue weighted by Gasteiger charge is 2.35. The van der Waals surface area contributed by atoms with Gasteiger partial charge in [-0.05, 0) is 11.6 Å². The number of hydrogen-bond donors (Lipinski definition) is 1. The van der Waals surface area contributed by atoms with E-state index in [0.29, 0.717) is 0 Å². The van der Waals surface area contributed by atoms with Crippen molar-refractivity contribution in [1.82, 2.24) is 0 Å². The average molecular weight is 306 g/mol. The van der Waals surface area contributed by atoms with Crippen LogP contribution in [0.3, 0.4) is 0 Å². The van der Waals surface area contributed by atoms with Crippen LogP contribution in [-0.4, -0.2) is 10.9 Å². The van der Waals surface area contributed by atoms with E-state index in [1.807, 2.05) is 0 Å². The Balaban J connectivity index is 2.35. The summed E-state index contributed by atoms with van der Waals surface area (Å²) in [6, 6.07) is 12.6. The molecule has 2 aromatic rings. The zero-order chi connectivity index (χ0) is 16.3. The highest BCUT2D eigenvalue weighted by Crippen LogP contribution is 2.36. The quantitative estimate of drug-likeness (QED) is 0.679. The van der Waals surface area contributed by atoms with Crippen LogP contribution in [0.2, 0.25) is 0 Å². The fraction of sp³-hybridized carbons (Fsp3) is 0.118. The van der Waals surface area contributed by atoms with Gasteiger partial charge in [-0.2, -0.15) is 13.2 Å². The van der Waals surface area contributed by atoms with Crippen LogP contribution >= 0.6 is 0 Å². The van der Waals surface area contributed by atoms with Gasteiger partial charge in [0.2, 0.25) is 0 Å². The standard InChI is InChI=1S/C17H13F3O2/c1-11(15(21)12-7-3-2-4-8-12)16(22)13-9-5-6-10-14(13)17(18,19)20/h2-10,16,22H,1H2. The number of aliphatic hydroxyl groups excluding tert-OH is 1. The minimum absolute atomic E-state index is 0.260. The third kappa shape index (κ3) is 3.26. The van der Waals surface area contributed by atoms with Gasteiger partial charge in [0.05, 0.1) is 5.56 Å². The van der Waals surface area contributed by atoms with Crippen LogP contribution in [0.4, 0.5) is 13.2 Å². The Morgan fingerprint density at radius 1 is 1.00 bits per heavy atom. The van der Waals surface area contributed by atoms with Crippen LogP contribution < -0.4 is 0 Å². The van der Waals surface area contributed by atoms with Crippen molar-refractivity contribution in [1.29, 1.82) is 0 Å². The van der Waals surface area contributed by atoms with Gasteiger partial charge < -0.3 is 5.11 Å². The Morgan fingerprint density at radius 2 is 1.55 bits per heavy atom. The molecule has 0 saturated carbocycles. The molecule has 1 unspecified atom stereocenters. The lowest BCUT2D eigenvalue weighted by Crippen LogP contribution is -2.16. The van der Waals surface area contributed by atoms with Crippen LogP contribution in [0.5, 0.6) is 0 Å². The number of benzene rings is 2. The smallest absolute Gasteiger partial charge is 0.384 e. The van der Waals surface area contributed by atoms with Crippen molar-refractivity contribution in [3.05, 3.63) is 83.4 Å². The summed E-state index contributed by atoms with van der Waals surface area (Å²) in [5.41, 5.74) is -1.41. The molecule has 2 rings (SSSR count). The van der Waals surface area contributed by atoms with Gasteiger partial charge >= 0.3 is 6.18 Å². The molecule has 5 heteroatoms. The highest BCUT2D eigenvalue weighted by molar-refractivity contribution is 6.09. The van der Waals surface area contributed by atoms with E-state index in [0.717, 1.165) is 12.1 Å². The van der Waals surface area contributed by atoms with Gasteiger partial charge in [-0.3, -0.25) is 4.79 Å². The number of carbonyl (C=O) groups excluding carboxylic acids is 1. The van der Waals surface area contributed by atoms with Gasteiger partial charge in [-0.25, -0.2) is 0 Å². The fourth-order valence-corrected chi connectivity index (χ4v) is 2.08. The number of rotatable bonds is 4. The summed E-state index contributed by atoms with van der Waals surface area (Å²) in [6.45, 7) is 3.46. The number of alkyl halides is 3.